The smallest absolute Gasteiger partial charge is 0.258 e. The van der Waals surface area contributed by atoms with E-state index >= 15 is 0 Å². The number of nitriles is 1. The van der Waals surface area contributed by atoms with E-state index in [4.69, 9.17) is 16.9 Å². The van der Waals surface area contributed by atoms with Crippen molar-refractivity contribution in [3.63, 3.8) is 0 Å². The highest BCUT2D eigenvalue weighted by Gasteiger charge is 2.13. The van der Waals surface area contributed by atoms with Gasteiger partial charge in [-0.2, -0.15) is 5.26 Å². The van der Waals surface area contributed by atoms with E-state index in [1.165, 1.54) is 12.1 Å². The average Bonchev–Trinajstić information content (AvgIpc) is 2.55. The fraction of sp³-hybridized carbons (Fsp3) is 0. The summed E-state index contributed by atoms with van der Waals surface area (Å²) in [5, 5.41) is 20.3. The van der Waals surface area contributed by atoms with Crippen LogP contribution < -0.4 is 0 Å². The summed E-state index contributed by atoms with van der Waals surface area (Å²) < 4.78 is 0.658. The summed E-state index contributed by atoms with van der Waals surface area (Å²) in [4.78, 5) is 10.4. The molecule has 1 heterocycles. The van der Waals surface area contributed by atoms with Crippen molar-refractivity contribution in [3.8, 4) is 6.07 Å². The number of rotatable bonds is 1. The first-order valence-corrected chi connectivity index (χ1v) is 5.09. The molecule has 0 bridgehead atoms. The van der Waals surface area contributed by atoms with Crippen molar-refractivity contribution in [2.75, 3.05) is 0 Å². The van der Waals surface area contributed by atoms with Gasteiger partial charge in [-0.25, -0.2) is 0 Å². The summed E-state index contributed by atoms with van der Waals surface area (Å²) in [6.07, 6.45) is 0. The Hall–Kier alpha value is -1.64. The normalized spacial score (nSPS) is 10.1. The molecule has 15 heavy (non-hydrogen) atoms. The highest BCUT2D eigenvalue weighted by atomic mass is 35.5. The summed E-state index contributed by atoms with van der Waals surface area (Å²) in [5.74, 6) is 0. The molecule has 74 valence electrons. The zero-order valence-electron chi connectivity index (χ0n) is 7.23. The van der Waals surface area contributed by atoms with E-state index in [9.17, 15) is 10.1 Å². The van der Waals surface area contributed by atoms with Crippen molar-refractivity contribution in [3.05, 3.63) is 38.2 Å². The van der Waals surface area contributed by atoms with Crippen LogP contribution in [0.4, 0.5) is 5.69 Å². The number of nitro groups is 1. The second-order valence-electron chi connectivity index (χ2n) is 2.79. The molecule has 0 saturated heterocycles. The van der Waals surface area contributed by atoms with Gasteiger partial charge >= 0.3 is 0 Å². The van der Waals surface area contributed by atoms with Gasteiger partial charge in [-0.3, -0.25) is 10.1 Å². The van der Waals surface area contributed by atoms with Gasteiger partial charge in [0.2, 0.25) is 0 Å². The Labute approximate surface area is 93.5 Å². The quantitative estimate of drug-likeness (QED) is 0.565. The van der Waals surface area contributed by atoms with Crippen LogP contribution in [0.2, 0.25) is 5.02 Å². The fourth-order valence-corrected chi connectivity index (χ4v) is 2.54. The van der Waals surface area contributed by atoms with Crippen LogP contribution in [-0.2, 0) is 0 Å². The van der Waals surface area contributed by atoms with Gasteiger partial charge in [-0.1, -0.05) is 11.6 Å². The first kappa shape index (κ1) is 9.90. The molecule has 0 unspecified atom stereocenters. The van der Waals surface area contributed by atoms with Crippen LogP contribution in [-0.4, -0.2) is 4.92 Å². The fourth-order valence-electron chi connectivity index (χ4n) is 1.24. The zero-order valence-corrected chi connectivity index (χ0v) is 8.80. The summed E-state index contributed by atoms with van der Waals surface area (Å²) in [5.41, 5.74) is 0.00454. The van der Waals surface area contributed by atoms with E-state index in [2.05, 4.69) is 0 Å². The second kappa shape index (κ2) is 3.50. The number of fused-ring (bicyclic) bond motifs is 1. The van der Waals surface area contributed by atoms with Crippen LogP contribution in [0.3, 0.4) is 0 Å². The minimum absolute atomic E-state index is 0.00454. The molecular weight excluding hydrogens is 236 g/mol. The second-order valence-corrected chi connectivity index (χ2v) is 4.22. The Morgan fingerprint density at radius 2 is 2.27 bits per heavy atom. The molecule has 1 aromatic heterocycles. The molecule has 0 aliphatic heterocycles. The largest absolute Gasteiger partial charge is 0.270 e. The number of benzene rings is 1. The van der Waals surface area contributed by atoms with Gasteiger partial charge in [0.25, 0.3) is 5.69 Å². The minimum Gasteiger partial charge on any atom is -0.258 e. The molecule has 0 atom stereocenters. The summed E-state index contributed by atoms with van der Waals surface area (Å²) >= 11 is 7.07. The molecule has 0 saturated carbocycles. The van der Waals surface area contributed by atoms with Gasteiger partial charge < -0.3 is 0 Å². The Morgan fingerprint density at radius 3 is 2.87 bits per heavy atom. The summed E-state index contributed by atoms with van der Waals surface area (Å²) in [6, 6.07) is 6.31. The maximum Gasteiger partial charge on any atom is 0.270 e. The lowest BCUT2D eigenvalue weighted by atomic mass is 10.2. The number of hydrogen-bond donors (Lipinski definition) is 0. The molecular formula is C9H3ClN2O2S. The number of non-ortho nitro benzene ring substituents is 1. The molecule has 0 N–H and O–H groups in total. The molecule has 0 spiro atoms. The molecule has 4 nitrogen and oxygen atoms in total. The van der Waals surface area contributed by atoms with Gasteiger partial charge in [0.15, 0.2) is 0 Å². The summed E-state index contributed by atoms with van der Waals surface area (Å²) in [7, 11) is 0. The Balaban J connectivity index is 2.75. The molecule has 6 heteroatoms. The molecule has 0 aliphatic rings. The molecule has 2 aromatic rings. The van der Waals surface area contributed by atoms with Gasteiger partial charge in [0.05, 0.1) is 9.95 Å². The molecule has 0 aliphatic carbocycles. The lowest BCUT2D eigenvalue weighted by molar-refractivity contribution is -0.384. The lowest BCUT2D eigenvalue weighted by Crippen LogP contribution is -1.85. The predicted molar refractivity (Wildman–Crippen MR) is 58.2 cm³/mol. The van der Waals surface area contributed by atoms with E-state index in [-0.39, 0.29) is 5.69 Å². The summed E-state index contributed by atoms with van der Waals surface area (Å²) in [6.45, 7) is 0. The topological polar surface area (TPSA) is 66.9 Å². The van der Waals surface area contributed by atoms with E-state index in [0.29, 0.717) is 20.0 Å². The van der Waals surface area contributed by atoms with Crippen LogP contribution in [0.25, 0.3) is 10.1 Å². The maximum atomic E-state index is 10.5. The van der Waals surface area contributed by atoms with Crippen LogP contribution in [0, 0.1) is 21.4 Å². The van der Waals surface area contributed by atoms with Crippen molar-refractivity contribution in [2.45, 2.75) is 0 Å². The highest BCUT2D eigenvalue weighted by molar-refractivity contribution is 7.20. The minimum atomic E-state index is -0.473. The van der Waals surface area contributed by atoms with Crippen molar-refractivity contribution in [1.82, 2.24) is 0 Å². The average molecular weight is 239 g/mol. The van der Waals surface area contributed by atoms with Crippen molar-refractivity contribution < 1.29 is 4.92 Å². The first-order valence-electron chi connectivity index (χ1n) is 3.90. The SMILES string of the molecule is N#Cc1sc2cc([N+](=O)[O-])ccc2c1Cl. The van der Waals surface area contributed by atoms with Crippen LogP contribution in [0.5, 0.6) is 0 Å². The molecule has 0 radical (unpaired) electrons. The third kappa shape index (κ3) is 1.54. The third-order valence-corrected chi connectivity index (χ3v) is 3.49. The number of thiophene rings is 1. The van der Waals surface area contributed by atoms with Crippen LogP contribution in [0.15, 0.2) is 18.2 Å². The van der Waals surface area contributed by atoms with Crippen molar-refractivity contribution in [1.29, 1.82) is 5.26 Å². The number of nitro benzene ring substituents is 1. The van der Waals surface area contributed by atoms with Gasteiger partial charge in [-0.15, -0.1) is 11.3 Å². The van der Waals surface area contributed by atoms with Crippen LogP contribution in [0.1, 0.15) is 4.88 Å². The number of hydrogen-bond acceptors (Lipinski definition) is 4. The standard InChI is InChI=1S/C9H3ClN2O2S/c10-9-6-2-1-5(12(13)14)3-7(6)15-8(9)4-11/h1-3H. The van der Waals surface area contributed by atoms with Crippen molar-refractivity contribution >= 4 is 38.7 Å². The Bertz CT molecular complexity index is 600. The molecule has 0 amide bonds. The Kier molecular flexibility index (Phi) is 2.31. The maximum absolute atomic E-state index is 10.5. The molecule has 1 aromatic carbocycles. The monoisotopic (exact) mass is 238 g/mol. The number of nitrogens with zero attached hydrogens (tertiary/aromatic N) is 2. The van der Waals surface area contributed by atoms with Crippen molar-refractivity contribution in [2.24, 2.45) is 0 Å². The van der Waals surface area contributed by atoms with Gasteiger partial charge in [-0.05, 0) is 6.07 Å². The predicted octanol–water partition coefficient (Wildman–Crippen LogP) is 3.33. The molecule has 0 fully saturated rings. The van der Waals surface area contributed by atoms with E-state index in [1.54, 1.807) is 6.07 Å². The van der Waals surface area contributed by atoms with Crippen LogP contribution >= 0.6 is 22.9 Å². The number of halogens is 1. The Morgan fingerprint density at radius 1 is 1.53 bits per heavy atom. The van der Waals surface area contributed by atoms with E-state index < -0.39 is 4.92 Å². The van der Waals surface area contributed by atoms with Gasteiger partial charge in [0, 0.05) is 22.2 Å². The van der Waals surface area contributed by atoms with E-state index in [1.807, 2.05) is 6.07 Å². The lowest BCUT2D eigenvalue weighted by Gasteiger charge is -1.91. The zero-order chi connectivity index (χ0) is 11.0. The first-order chi connectivity index (χ1) is 7.13. The third-order valence-electron chi connectivity index (χ3n) is 1.93. The van der Waals surface area contributed by atoms with E-state index in [0.717, 1.165) is 11.3 Å². The molecule has 2 rings (SSSR count). The van der Waals surface area contributed by atoms with Gasteiger partial charge in [0.1, 0.15) is 10.9 Å². The highest BCUT2D eigenvalue weighted by Crippen LogP contribution is 2.36.